The Labute approximate surface area is 200 Å². The zero-order valence-electron chi connectivity index (χ0n) is 19.5. The van der Waals surface area contributed by atoms with Gasteiger partial charge in [0.1, 0.15) is 0 Å². The average molecular weight is 507 g/mol. The summed E-state index contributed by atoms with van der Waals surface area (Å²) in [5.41, 5.74) is 0. The molecule has 2 fully saturated rings. The number of amides is 1. The monoisotopic (exact) mass is 507 g/mol. The first-order chi connectivity index (χ1) is 16.8. The second-order valence-corrected chi connectivity index (χ2v) is 9.01. The molecular weight excluding hydrogens is 477 g/mol. The number of hydrogen-bond donors (Lipinski definition) is 0. The number of rotatable bonds is 10. The Hall–Kier alpha value is -2.27. The van der Waals surface area contributed by atoms with Gasteiger partial charge in [-0.2, -0.15) is 8.78 Å². The minimum atomic E-state index is -2.35. The van der Waals surface area contributed by atoms with Crippen LogP contribution < -0.4 is 4.74 Å². The standard InChI is InChI=1S/C24H30F5NO5/c1-2-16(30(13-31)35-17-10-6-7-11-33-17)15(12-14-8-4-3-5-9-14)24(32)34-23-21(28)19(26)18(25)20(27)22(23)29/h13-17H,2-12H2,1H3/t15-,16+,17?/m1/s1. The average Bonchev–Trinajstić information content (AvgIpc) is 2.89. The van der Waals surface area contributed by atoms with Crippen molar-refractivity contribution in [3.8, 4) is 5.75 Å². The lowest BCUT2D eigenvalue weighted by atomic mass is 9.80. The van der Waals surface area contributed by atoms with Crippen molar-refractivity contribution in [3.63, 3.8) is 0 Å². The van der Waals surface area contributed by atoms with E-state index < -0.39 is 59.1 Å². The SMILES string of the molecule is CC[C@@H]([C@@H](CC1CCCCC1)C(=O)Oc1c(F)c(F)c(F)c(F)c1F)N(C=O)OC1CCCCO1. The Balaban J connectivity index is 1.89. The van der Waals surface area contributed by atoms with Gasteiger partial charge in [-0.15, -0.1) is 0 Å². The summed E-state index contributed by atoms with van der Waals surface area (Å²) in [7, 11) is 0. The molecule has 0 aromatic heterocycles. The highest BCUT2D eigenvalue weighted by Crippen LogP contribution is 2.35. The number of benzene rings is 1. The van der Waals surface area contributed by atoms with E-state index in [1.807, 2.05) is 0 Å². The van der Waals surface area contributed by atoms with E-state index in [4.69, 9.17) is 14.3 Å². The van der Waals surface area contributed by atoms with Gasteiger partial charge in [-0.05, 0) is 31.6 Å². The van der Waals surface area contributed by atoms with Gasteiger partial charge in [0.25, 0.3) is 0 Å². The lowest BCUT2D eigenvalue weighted by Crippen LogP contribution is -2.47. The van der Waals surface area contributed by atoms with Crippen LogP contribution in [0.15, 0.2) is 0 Å². The predicted octanol–water partition coefficient (Wildman–Crippen LogP) is 5.57. The van der Waals surface area contributed by atoms with Crippen molar-refractivity contribution in [2.75, 3.05) is 6.61 Å². The molecule has 3 rings (SSSR count). The maximum absolute atomic E-state index is 14.2. The molecular formula is C24H30F5NO5. The summed E-state index contributed by atoms with van der Waals surface area (Å²) in [6.45, 7) is 2.13. The van der Waals surface area contributed by atoms with Gasteiger partial charge >= 0.3 is 5.97 Å². The van der Waals surface area contributed by atoms with Gasteiger partial charge in [0, 0.05) is 13.0 Å². The van der Waals surface area contributed by atoms with E-state index in [2.05, 4.69) is 0 Å². The largest absolute Gasteiger partial charge is 0.420 e. The molecule has 1 aliphatic carbocycles. The van der Waals surface area contributed by atoms with Crippen LogP contribution in [0.4, 0.5) is 22.0 Å². The Bertz CT molecular complexity index is 861. The fraction of sp³-hybridized carbons (Fsp3) is 0.667. The van der Waals surface area contributed by atoms with Crippen molar-refractivity contribution in [3.05, 3.63) is 29.1 Å². The molecule has 11 heteroatoms. The van der Waals surface area contributed by atoms with Crippen LogP contribution in [0.1, 0.15) is 71.1 Å². The van der Waals surface area contributed by atoms with Gasteiger partial charge in [-0.1, -0.05) is 39.0 Å². The number of ether oxygens (including phenoxy) is 2. The molecule has 1 aromatic rings. The van der Waals surface area contributed by atoms with Crippen molar-refractivity contribution in [1.29, 1.82) is 0 Å². The van der Waals surface area contributed by atoms with E-state index in [-0.39, 0.29) is 18.8 Å². The van der Waals surface area contributed by atoms with Gasteiger partial charge in [0.2, 0.25) is 41.2 Å². The van der Waals surface area contributed by atoms with Crippen molar-refractivity contribution in [2.45, 2.75) is 83.5 Å². The van der Waals surface area contributed by atoms with Crippen LogP contribution in [0.5, 0.6) is 5.75 Å². The summed E-state index contributed by atoms with van der Waals surface area (Å²) in [4.78, 5) is 30.8. The minimum Gasteiger partial charge on any atom is -0.420 e. The Morgan fingerprint density at radius 1 is 0.971 bits per heavy atom. The van der Waals surface area contributed by atoms with E-state index in [0.29, 0.717) is 19.4 Å². The van der Waals surface area contributed by atoms with Crippen LogP contribution in [-0.2, 0) is 19.2 Å². The number of esters is 1. The first-order valence-corrected chi connectivity index (χ1v) is 12.0. The number of hydrogen-bond acceptors (Lipinski definition) is 5. The van der Waals surface area contributed by atoms with Gasteiger partial charge < -0.3 is 9.47 Å². The quantitative estimate of drug-likeness (QED) is 0.0788. The molecule has 35 heavy (non-hydrogen) atoms. The molecule has 0 bridgehead atoms. The van der Waals surface area contributed by atoms with E-state index >= 15 is 0 Å². The summed E-state index contributed by atoms with van der Waals surface area (Å²) in [5, 5.41) is 0.948. The zero-order valence-corrected chi connectivity index (χ0v) is 19.5. The molecule has 1 saturated heterocycles. The van der Waals surface area contributed by atoms with Crippen LogP contribution in [0.25, 0.3) is 0 Å². The molecule has 196 valence electrons. The first-order valence-electron chi connectivity index (χ1n) is 12.0. The van der Waals surface area contributed by atoms with Crippen molar-refractivity contribution in [2.24, 2.45) is 11.8 Å². The Morgan fingerprint density at radius 3 is 2.11 bits per heavy atom. The Morgan fingerprint density at radius 2 is 1.57 bits per heavy atom. The molecule has 2 aliphatic rings. The highest BCUT2D eigenvalue weighted by atomic mass is 19.2. The zero-order chi connectivity index (χ0) is 25.5. The molecule has 0 N–H and O–H groups in total. The molecule has 6 nitrogen and oxygen atoms in total. The van der Waals surface area contributed by atoms with E-state index in [1.54, 1.807) is 6.92 Å². The molecule has 1 unspecified atom stereocenters. The van der Waals surface area contributed by atoms with E-state index in [0.717, 1.165) is 50.0 Å². The second kappa shape index (κ2) is 12.6. The highest BCUT2D eigenvalue weighted by Gasteiger charge is 2.39. The molecule has 1 aliphatic heterocycles. The summed E-state index contributed by atoms with van der Waals surface area (Å²) in [6, 6.07) is -0.909. The predicted molar refractivity (Wildman–Crippen MR) is 113 cm³/mol. The molecule has 1 saturated carbocycles. The van der Waals surface area contributed by atoms with Crippen LogP contribution in [0.2, 0.25) is 0 Å². The van der Waals surface area contributed by atoms with Crippen LogP contribution in [-0.4, -0.2) is 36.4 Å². The summed E-state index contributed by atoms with van der Waals surface area (Å²) < 4.78 is 79.4. The third-order valence-electron chi connectivity index (χ3n) is 6.68. The Kier molecular flexibility index (Phi) is 9.85. The van der Waals surface area contributed by atoms with Crippen molar-refractivity contribution in [1.82, 2.24) is 5.06 Å². The summed E-state index contributed by atoms with van der Waals surface area (Å²) >= 11 is 0. The highest BCUT2D eigenvalue weighted by molar-refractivity contribution is 5.76. The number of carbonyl (C=O) groups excluding carboxylic acids is 2. The molecule has 0 spiro atoms. The fourth-order valence-electron chi connectivity index (χ4n) is 4.80. The lowest BCUT2D eigenvalue weighted by molar-refractivity contribution is -0.290. The third-order valence-corrected chi connectivity index (χ3v) is 6.68. The minimum absolute atomic E-state index is 0.0613. The first kappa shape index (κ1) is 27.3. The van der Waals surface area contributed by atoms with E-state index in [1.165, 1.54) is 0 Å². The molecule has 3 atom stereocenters. The van der Waals surface area contributed by atoms with Crippen molar-refractivity contribution >= 4 is 12.4 Å². The molecule has 0 radical (unpaired) electrons. The summed E-state index contributed by atoms with van der Waals surface area (Å²) in [6.07, 6.45) is 6.80. The van der Waals surface area contributed by atoms with E-state index in [9.17, 15) is 31.5 Å². The molecule has 1 heterocycles. The van der Waals surface area contributed by atoms with Crippen molar-refractivity contribution < 1.29 is 45.9 Å². The van der Waals surface area contributed by atoms with Crippen LogP contribution >= 0.6 is 0 Å². The lowest BCUT2D eigenvalue weighted by Gasteiger charge is -2.36. The van der Waals surface area contributed by atoms with Gasteiger partial charge in [-0.3, -0.25) is 9.59 Å². The summed E-state index contributed by atoms with van der Waals surface area (Å²) in [5.74, 6) is -15.2. The topological polar surface area (TPSA) is 65.1 Å². The second-order valence-electron chi connectivity index (χ2n) is 9.01. The smallest absolute Gasteiger partial charge is 0.316 e. The maximum Gasteiger partial charge on any atom is 0.316 e. The molecule has 1 aromatic carbocycles. The number of nitrogens with zero attached hydrogens (tertiary/aromatic N) is 1. The fourth-order valence-corrected chi connectivity index (χ4v) is 4.80. The molecule has 1 amide bonds. The van der Waals surface area contributed by atoms with Gasteiger partial charge in [0.15, 0.2) is 6.29 Å². The van der Waals surface area contributed by atoms with Gasteiger partial charge in [-0.25, -0.2) is 23.1 Å². The normalized spacial score (nSPS) is 20.8. The maximum atomic E-state index is 14.2. The number of halogens is 5. The number of carbonyl (C=O) groups is 2. The van der Waals surface area contributed by atoms with Crippen LogP contribution in [0.3, 0.4) is 0 Å². The third kappa shape index (κ3) is 6.49. The van der Waals surface area contributed by atoms with Gasteiger partial charge in [0.05, 0.1) is 12.0 Å². The van der Waals surface area contributed by atoms with Crippen LogP contribution in [0, 0.1) is 40.9 Å². The number of hydroxylamine groups is 2.